The molecular weight excluding hydrogens is 324 g/mol. The highest BCUT2D eigenvalue weighted by Gasteiger charge is 2.11. The third-order valence-electron chi connectivity index (χ3n) is 2.83. The summed E-state index contributed by atoms with van der Waals surface area (Å²) < 4.78 is 1.12. The van der Waals surface area contributed by atoms with E-state index in [0.29, 0.717) is 17.8 Å². The summed E-state index contributed by atoms with van der Waals surface area (Å²) in [4.78, 5) is 15.2. The minimum atomic E-state index is 0.0237. The topological polar surface area (TPSA) is 46.3 Å². The van der Waals surface area contributed by atoms with Crippen molar-refractivity contribution in [1.29, 1.82) is 0 Å². The fraction of sp³-hybridized carbons (Fsp3) is 0.214. The normalized spacial score (nSPS) is 10.4. The zero-order valence-corrected chi connectivity index (χ0v) is 13.0. The van der Waals surface area contributed by atoms with E-state index in [-0.39, 0.29) is 5.91 Å². The molecule has 0 bridgehead atoms. The lowest BCUT2D eigenvalue weighted by atomic mass is 10.2. The van der Waals surface area contributed by atoms with Crippen molar-refractivity contribution in [3.05, 3.63) is 50.6 Å². The molecule has 1 aromatic carbocycles. The summed E-state index contributed by atoms with van der Waals surface area (Å²) in [6.07, 6.45) is 0.869. The van der Waals surface area contributed by atoms with Crippen LogP contribution in [0.3, 0.4) is 0 Å². The molecule has 19 heavy (non-hydrogen) atoms. The van der Waals surface area contributed by atoms with Gasteiger partial charge in [0.1, 0.15) is 0 Å². The fourth-order valence-electron chi connectivity index (χ4n) is 1.71. The van der Waals surface area contributed by atoms with Crippen molar-refractivity contribution >= 4 is 38.9 Å². The Balaban J connectivity index is 1.94. The third kappa shape index (κ3) is 3.81. The van der Waals surface area contributed by atoms with Crippen LogP contribution in [0.15, 0.2) is 40.2 Å². The number of anilines is 1. The highest BCUT2D eigenvalue weighted by molar-refractivity contribution is 9.11. The number of nitrogens with two attached hydrogens (primary N) is 1. The zero-order valence-electron chi connectivity index (χ0n) is 10.6. The first-order valence-electron chi connectivity index (χ1n) is 5.91. The van der Waals surface area contributed by atoms with Crippen LogP contribution in [0.2, 0.25) is 0 Å². The molecule has 0 aliphatic rings. The quantitative estimate of drug-likeness (QED) is 0.868. The van der Waals surface area contributed by atoms with Crippen molar-refractivity contribution in [3.8, 4) is 0 Å². The van der Waals surface area contributed by atoms with Crippen LogP contribution in [0.5, 0.6) is 0 Å². The van der Waals surface area contributed by atoms with Crippen LogP contribution in [0.25, 0.3) is 0 Å². The molecule has 1 aromatic heterocycles. The average molecular weight is 339 g/mol. The van der Waals surface area contributed by atoms with Crippen LogP contribution in [-0.2, 0) is 6.42 Å². The predicted octanol–water partition coefficient (Wildman–Crippen LogP) is 3.41. The van der Waals surface area contributed by atoms with Crippen LogP contribution in [0.4, 0.5) is 5.69 Å². The lowest BCUT2D eigenvalue weighted by molar-refractivity contribution is 0.0797. The van der Waals surface area contributed by atoms with Crippen molar-refractivity contribution in [1.82, 2.24) is 4.90 Å². The van der Waals surface area contributed by atoms with E-state index in [1.165, 1.54) is 4.88 Å². The number of carbonyl (C=O) groups is 1. The van der Waals surface area contributed by atoms with Gasteiger partial charge in [-0.3, -0.25) is 4.79 Å². The Hall–Kier alpha value is -1.33. The molecule has 1 amide bonds. The summed E-state index contributed by atoms with van der Waals surface area (Å²) in [6, 6.07) is 11.1. The van der Waals surface area contributed by atoms with E-state index in [0.717, 1.165) is 10.2 Å². The van der Waals surface area contributed by atoms with Crippen LogP contribution in [-0.4, -0.2) is 24.4 Å². The molecule has 0 fully saturated rings. The van der Waals surface area contributed by atoms with Gasteiger partial charge in [-0.15, -0.1) is 11.3 Å². The average Bonchev–Trinajstić information content (AvgIpc) is 2.82. The molecule has 0 saturated carbocycles. The highest BCUT2D eigenvalue weighted by Crippen LogP contribution is 2.22. The number of likely N-dealkylation sites (N-methyl/N-ethyl adjacent to an activating group) is 1. The van der Waals surface area contributed by atoms with Gasteiger partial charge in [-0.1, -0.05) is 0 Å². The molecule has 1 heterocycles. The molecule has 2 N–H and O–H groups in total. The number of nitrogen functional groups attached to an aromatic ring is 1. The van der Waals surface area contributed by atoms with Gasteiger partial charge in [0.25, 0.3) is 5.91 Å². The molecule has 2 rings (SSSR count). The van der Waals surface area contributed by atoms with E-state index < -0.39 is 0 Å². The molecule has 2 aromatic rings. The summed E-state index contributed by atoms with van der Waals surface area (Å²) in [7, 11) is 1.82. The van der Waals surface area contributed by atoms with E-state index in [1.807, 2.05) is 13.1 Å². The fourth-order valence-corrected chi connectivity index (χ4v) is 3.18. The second-order valence-electron chi connectivity index (χ2n) is 4.30. The van der Waals surface area contributed by atoms with Gasteiger partial charge in [0.05, 0.1) is 3.79 Å². The van der Waals surface area contributed by atoms with Gasteiger partial charge in [-0.2, -0.15) is 0 Å². The lowest BCUT2D eigenvalue weighted by Crippen LogP contribution is -2.28. The van der Waals surface area contributed by atoms with Crippen LogP contribution in [0, 0.1) is 0 Å². The molecule has 0 aliphatic carbocycles. The summed E-state index contributed by atoms with van der Waals surface area (Å²) in [6.45, 7) is 0.705. The number of hydrogen-bond donors (Lipinski definition) is 1. The van der Waals surface area contributed by atoms with Crippen molar-refractivity contribution in [2.75, 3.05) is 19.3 Å². The van der Waals surface area contributed by atoms with Gasteiger partial charge in [-0.25, -0.2) is 0 Å². The third-order valence-corrected chi connectivity index (χ3v) is 4.51. The minimum absolute atomic E-state index is 0.0237. The Bertz CT molecular complexity index is 565. The molecule has 0 saturated heterocycles. The Morgan fingerprint density at radius 1 is 1.26 bits per heavy atom. The summed E-state index contributed by atoms with van der Waals surface area (Å²) >= 11 is 5.14. The number of benzene rings is 1. The molecule has 5 heteroatoms. The van der Waals surface area contributed by atoms with Gasteiger partial charge in [0, 0.05) is 29.7 Å². The van der Waals surface area contributed by atoms with Gasteiger partial charge >= 0.3 is 0 Å². The smallest absolute Gasteiger partial charge is 0.253 e. The second-order valence-corrected chi connectivity index (χ2v) is 6.85. The molecular formula is C14H15BrN2OS. The van der Waals surface area contributed by atoms with Gasteiger partial charge in [0.2, 0.25) is 0 Å². The first-order valence-corrected chi connectivity index (χ1v) is 7.52. The molecule has 0 atom stereocenters. The number of hydrogen-bond acceptors (Lipinski definition) is 3. The monoisotopic (exact) mass is 338 g/mol. The molecule has 0 aliphatic heterocycles. The largest absolute Gasteiger partial charge is 0.399 e. The first kappa shape index (κ1) is 14.1. The molecule has 0 unspecified atom stereocenters. The predicted molar refractivity (Wildman–Crippen MR) is 83.5 cm³/mol. The van der Waals surface area contributed by atoms with Gasteiger partial charge in [0.15, 0.2) is 0 Å². The van der Waals surface area contributed by atoms with Crippen molar-refractivity contribution in [2.24, 2.45) is 0 Å². The maximum Gasteiger partial charge on any atom is 0.253 e. The number of carbonyl (C=O) groups excluding carboxylic acids is 1. The molecule has 100 valence electrons. The highest BCUT2D eigenvalue weighted by atomic mass is 79.9. The maximum absolute atomic E-state index is 12.2. The SMILES string of the molecule is CN(CCc1ccc(Br)s1)C(=O)c1ccc(N)cc1. The van der Waals surface area contributed by atoms with E-state index in [1.54, 1.807) is 40.5 Å². The summed E-state index contributed by atoms with van der Waals surface area (Å²) in [5, 5.41) is 0. The van der Waals surface area contributed by atoms with Crippen LogP contribution >= 0.6 is 27.3 Å². The number of nitrogens with zero attached hydrogens (tertiary/aromatic N) is 1. The van der Waals surface area contributed by atoms with Crippen molar-refractivity contribution < 1.29 is 4.79 Å². The van der Waals surface area contributed by atoms with E-state index in [9.17, 15) is 4.79 Å². The standard InChI is InChI=1S/C14H15BrN2OS/c1-17(9-8-12-6-7-13(15)19-12)14(18)10-2-4-11(16)5-3-10/h2-7H,8-9,16H2,1H3. The molecule has 0 radical (unpaired) electrons. The number of halogens is 1. The van der Waals surface area contributed by atoms with Crippen LogP contribution < -0.4 is 5.73 Å². The molecule has 3 nitrogen and oxygen atoms in total. The lowest BCUT2D eigenvalue weighted by Gasteiger charge is -2.16. The number of thiophene rings is 1. The van der Waals surface area contributed by atoms with Crippen molar-refractivity contribution in [3.63, 3.8) is 0 Å². The molecule has 0 spiro atoms. The van der Waals surface area contributed by atoms with E-state index in [4.69, 9.17) is 5.73 Å². The number of amides is 1. The van der Waals surface area contributed by atoms with E-state index in [2.05, 4.69) is 22.0 Å². The van der Waals surface area contributed by atoms with Gasteiger partial charge in [-0.05, 0) is 58.7 Å². The first-order chi connectivity index (χ1) is 9.06. The Morgan fingerprint density at radius 2 is 1.95 bits per heavy atom. The Kier molecular flexibility index (Phi) is 4.61. The zero-order chi connectivity index (χ0) is 13.8. The van der Waals surface area contributed by atoms with Crippen LogP contribution in [0.1, 0.15) is 15.2 Å². The summed E-state index contributed by atoms with van der Waals surface area (Å²) in [5.41, 5.74) is 6.95. The van der Waals surface area contributed by atoms with Crippen molar-refractivity contribution in [2.45, 2.75) is 6.42 Å². The minimum Gasteiger partial charge on any atom is -0.399 e. The maximum atomic E-state index is 12.2. The summed E-state index contributed by atoms with van der Waals surface area (Å²) in [5.74, 6) is 0.0237. The number of rotatable bonds is 4. The Morgan fingerprint density at radius 3 is 2.53 bits per heavy atom. The van der Waals surface area contributed by atoms with E-state index >= 15 is 0 Å². The Labute approximate surface area is 125 Å². The van der Waals surface area contributed by atoms with Gasteiger partial charge < -0.3 is 10.6 Å². The second kappa shape index (κ2) is 6.21.